The largest absolute Gasteiger partial charge is 0.378 e. The third-order valence-corrected chi connectivity index (χ3v) is 3.08. The van der Waals surface area contributed by atoms with E-state index in [1.54, 1.807) is 24.3 Å². The van der Waals surface area contributed by atoms with Gasteiger partial charge in [-0.05, 0) is 19.4 Å². The number of carbonyl (C=O) groups is 1. The highest BCUT2D eigenvalue weighted by Gasteiger charge is 2.17. The van der Waals surface area contributed by atoms with Gasteiger partial charge in [0.15, 0.2) is 6.10 Å². The van der Waals surface area contributed by atoms with Gasteiger partial charge in [-0.2, -0.15) is 5.10 Å². The first kappa shape index (κ1) is 13.3. The summed E-state index contributed by atoms with van der Waals surface area (Å²) in [6, 6.07) is 8.86. The Labute approximate surface area is 111 Å². The molecule has 3 N–H and O–H groups in total. The number of carbonyl (C=O) groups excluding carboxylic acids is 1. The van der Waals surface area contributed by atoms with E-state index >= 15 is 0 Å². The molecule has 0 radical (unpaired) electrons. The molecule has 1 unspecified atom stereocenters. The van der Waals surface area contributed by atoms with Crippen LogP contribution in [0, 0.1) is 13.8 Å². The first-order chi connectivity index (χ1) is 9.09. The van der Waals surface area contributed by atoms with Crippen LogP contribution in [-0.2, 0) is 11.3 Å². The molecule has 0 fully saturated rings. The third-order valence-electron chi connectivity index (χ3n) is 3.08. The van der Waals surface area contributed by atoms with Crippen LogP contribution in [0.4, 0.5) is 0 Å². The predicted molar refractivity (Wildman–Crippen MR) is 71.3 cm³/mol. The molecule has 19 heavy (non-hydrogen) atoms. The minimum Gasteiger partial charge on any atom is -0.378 e. The molecular weight excluding hydrogens is 242 g/mol. The van der Waals surface area contributed by atoms with Crippen molar-refractivity contribution in [1.82, 2.24) is 15.5 Å². The minimum atomic E-state index is -1.14. The Balaban J connectivity index is 1.99. The second-order valence-electron chi connectivity index (χ2n) is 4.44. The number of H-pyrrole nitrogens is 1. The van der Waals surface area contributed by atoms with Gasteiger partial charge < -0.3 is 10.4 Å². The second kappa shape index (κ2) is 5.67. The summed E-state index contributed by atoms with van der Waals surface area (Å²) in [6.45, 7) is 4.13. The molecule has 1 aromatic heterocycles. The topological polar surface area (TPSA) is 78.0 Å². The van der Waals surface area contributed by atoms with Crippen molar-refractivity contribution in [3.8, 4) is 0 Å². The molecule has 0 aliphatic heterocycles. The highest BCUT2D eigenvalue weighted by Crippen LogP contribution is 2.13. The molecule has 1 atom stereocenters. The summed E-state index contributed by atoms with van der Waals surface area (Å²) in [4.78, 5) is 11.9. The van der Waals surface area contributed by atoms with Gasteiger partial charge in [0.05, 0.1) is 5.69 Å². The number of aryl methyl sites for hydroxylation is 2. The molecule has 0 aliphatic rings. The van der Waals surface area contributed by atoms with E-state index in [4.69, 9.17) is 0 Å². The first-order valence-electron chi connectivity index (χ1n) is 6.10. The van der Waals surface area contributed by atoms with Gasteiger partial charge in [0.2, 0.25) is 0 Å². The predicted octanol–water partition coefficient (Wildman–Crippen LogP) is 1.38. The Morgan fingerprint density at radius 1 is 1.37 bits per heavy atom. The van der Waals surface area contributed by atoms with E-state index in [-0.39, 0.29) is 0 Å². The quantitative estimate of drug-likeness (QED) is 0.776. The zero-order valence-corrected chi connectivity index (χ0v) is 11.0. The SMILES string of the molecule is Cc1n[nH]c(C)c1CNC(=O)C(O)c1ccccc1. The zero-order valence-electron chi connectivity index (χ0n) is 11.0. The van der Waals surface area contributed by atoms with Crippen LogP contribution in [0.15, 0.2) is 30.3 Å². The normalized spacial score (nSPS) is 12.2. The van der Waals surface area contributed by atoms with Crippen LogP contribution in [0.3, 0.4) is 0 Å². The van der Waals surface area contributed by atoms with Crippen molar-refractivity contribution in [2.45, 2.75) is 26.5 Å². The Hall–Kier alpha value is -2.14. The third kappa shape index (κ3) is 3.00. The van der Waals surface area contributed by atoms with Crippen LogP contribution in [0.25, 0.3) is 0 Å². The summed E-state index contributed by atoms with van der Waals surface area (Å²) in [5.74, 6) is -0.411. The number of nitrogens with zero attached hydrogens (tertiary/aromatic N) is 1. The molecule has 5 nitrogen and oxygen atoms in total. The second-order valence-corrected chi connectivity index (χ2v) is 4.44. The van der Waals surface area contributed by atoms with Gasteiger partial charge in [-0.1, -0.05) is 30.3 Å². The number of hydrogen-bond acceptors (Lipinski definition) is 3. The van der Waals surface area contributed by atoms with Gasteiger partial charge in [0, 0.05) is 17.8 Å². The Bertz CT molecular complexity index is 544. The van der Waals surface area contributed by atoms with Crippen molar-refractivity contribution in [2.75, 3.05) is 0 Å². The van der Waals surface area contributed by atoms with Crippen LogP contribution in [0.2, 0.25) is 0 Å². The number of nitrogens with one attached hydrogen (secondary N) is 2. The van der Waals surface area contributed by atoms with Crippen molar-refractivity contribution >= 4 is 5.91 Å². The van der Waals surface area contributed by atoms with E-state index in [1.165, 1.54) is 0 Å². The fourth-order valence-corrected chi connectivity index (χ4v) is 1.89. The van der Waals surface area contributed by atoms with Crippen LogP contribution >= 0.6 is 0 Å². The lowest BCUT2D eigenvalue weighted by atomic mass is 10.1. The molecule has 2 aromatic rings. The van der Waals surface area contributed by atoms with Crippen molar-refractivity contribution in [3.63, 3.8) is 0 Å². The number of hydrogen-bond donors (Lipinski definition) is 3. The molecule has 1 heterocycles. The van der Waals surface area contributed by atoms with Crippen molar-refractivity contribution < 1.29 is 9.90 Å². The van der Waals surface area contributed by atoms with E-state index in [1.807, 2.05) is 19.9 Å². The minimum absolute atomic E-state index is 0.358. The smallest absolute Gasteiger partial charge is 0.253 e. The maximum absolute atomic E-state index is 11.9. The van der Waals surface area contributed by atoms with E-state index in [9.17, 15) is 9.90 Å². The molecule has 0 bridgehead atoms. The summed E-state index contributed by atoms with van der Waals surface area (Å²) in [5.41, 5.74) is 3.31. The zero-order chi connectivity index (χ0) is 13.8. The van der Waals surface area contributed by atoms with Gasteiger partial charge in [-0.15, -0.1) is 0 Å². The van der Waals surface area contributed by atoms with Gasteiger partial charge in [-0.25, -0.2) is 0 Å². The van der Waals surface area contributed by atoms with Crippen molar-refractivity contribution in [3.05, 3.63) is 52.8 Å². The Morgan fingerprint density at radius 3 is 2.63 bits per heavy atom. The standard InChI is InChI=1S/C14H17N3O2/c1-9-12(10(2)17-16-9)8-15-14(19)13(18)11-6-4-3-5-7-11/h3-7,13,18H,8H2,1-2H3,(H,15,19)(H,16,17). The van der Waals surface area contributed by atoms with E-state index in [0.29, 0.717) is 12.1 Å². The number of aliphatic hydroxyl groups excluding tert-OH is 1. The van der Waals surface area contributed by atoms with Crippen LogP contribution < -0.4 is 5.32 Å². The van der Waals surface area contributed by atoms with Crippen LogP contribution in [0.5, 0.6) is 0 Å². The molecule has 100 valence electrons. The average Bonchev–Trinajstić information content (AvgIpc) is 2.75. The molecule has 0 saturated carbocycles. The number of aromatic amines is 1. The van der Waals surface area contributed by atoms with Crippen molar-refractivity contribution in [1.29, 1.82) is 0 Å². The lowest BCUT2D eigenvalue weighted by Gasteiger charge is -2.11. The molecule has 2 rings (SSSR count). The number of rotatable bonds is 4. The monoisotopic (exact) mass is 259 g/mol. The van der Waals surface area contributed by atoms with Gasteiger partial charge in [0.1, 0.15) is 0 Å². The van der Waals surface area contributed by atoms with Crippen LogP contribution in [0.1, 0.15) is 28.6 Å². The summed E-state index contributed by atoms with van der Waals surface area (Å²) in [7, 11) is 0. The highest BCUT2D eigenvalue weighted by molar-refractivity contribution is 5.81. The maximum atomic E-state index is 11.9. The lowest BCUT2D eigenvalue weighted by Crippen LogP contribution is -2.29. The fraction of sp³-hybridized carbons (Fsp3) is 0.286. The number of amides is 1. The molecule has 1 aromatic carbocycles. The lowest BCUT2D eigenvalue weighted by molar-refractivity contribution is -0.129. The molecule has 1 amide bonds. The summed E-state index contributed by atoms with van der Waals surface area (Å²) >= 11 is 0. The number of aliphatic hydroxyl groups is 1. The Morgan fingerprint density at radius 2 is 2.05 bits per heavy atom. The van der Waals surface area contributed by atoms with E-state index in [2.05, 4.69) is 15.5 Å². The molecular formula is C14H17N3O2. The van der Waals surface area contributed by atoms with Gasteiger partial charge >= 0.3 is 0 Å². The summed E-state index contributed by atoms with van der Waals surface area (Å²) < 4.78 is 0. The first-order valence-corrected chi connectivity index (χ1v) is 6.10. The maximum Gasteiger partial charge on any atom is 0.253 e. The summed E-state index contributed by atoms with van der Waals surface area (Å²) in [6.07, 6.45) is -1.14. The van der Waals surface area contributed by atoms with E-state index < -0.39 is 12.0 Å². The van der Waals surface area contributed by atoms with Crippen LogP contribution in [-0.4, -0.2) is 21.2 Å². The molecule has 0 spiro atoms. The number of aromatic nitrogens is 2. The Kier molecular flexibility index (Phi) is 3.97. The van der Waals surface area contributed by atoms with E-state index in [0.717, 1.165) is 17.0 Å². The fourth-order valence-electron chi connectivity index (χ4n) is 1.89. The molecule has 0 aliphatic carbocycles. The van der Waals surface area contributed by atoms with Gasteiger partial charge in [-0.3, -0.25) is 9.89 Å². The molecule has 0 saturated heterocycles. The highest BCUT2D eigenvalue weighted by atomic mass is 16.3. The average molecular weight is 259 g/mol. The van der Waals surface area contributed by atoms with Gasteiger partial charge in [0.25, 0.3) is 5.91 Å². The van der Waals surface area contributed by atoms with Crippen molar-refractivity contribution in [2.24, 2.45) is 0 Å². The summed E-state index contributed by atoms with van der Waals surface area (Å²) in [5, 5.41) is 19.6. The molecule has 5 heteroatoms. The number of benzene rings is 1.